The number of hydrogen-bond acceptors (Lipinski definition) is 5. The average Bonchev–Trinajstić information content (AvgIpc) is 2.74. The van der Waals surface area contributed by atoms with Gasteiger partial charge in [0.25, 0.3) is 5.56 Å². The minimum absolute atomic E-state index is 0.130. The van der Waals surface area contributed by atoms with Gasteiger partial charge in [-0.1, -0.05) is 27.9 Å². The second-order valence-electron chi connectivity index (χ2n) is 6.61. The zero-order chi connectivity index (χ0) is 22.4. The van der Waals surface area contributed by atoms with Crippen LogP contribution in [0.3, 0.4) is 0 Å². The molecule has 3 aromatic rings. The van der Waals surface area contributed by atoms with Crippen LogP contribution in [0.25, 0.3) is 10.9 Å². The molecule has 0 spiro atoms. The van der Waals surface area contributed by atoms with Crippen LogP contribution in [0.1, 0.15) is 23.9 Å². The average molecular weight is 480 g/mol. The molecule has 158 valence electrons. The first kappa shape index (κ1) is 22.3. The van der Waals surface area contributed by atoms with E-state index in [4.69, 9.17) is 15.9 Å². The van der Waals surface area contributed by atoms with Gasteiger partial charge in [0.1, 0.15) is 12.4 Å². The quantitative estimate of drug-likeness (QED) is 0.271. The lowest BCUT2D eigenvalue weighted by Gasteiger charge is -2.15. The normalized spacial score (nSPS) is 10.9. The van der Waals surface area contributed by atoms with Gasteiger partial charge < -0.3 is 9.47 Å². The highest BCUT2D eigenvalue weighted by Crippen LogP contribution is 2.33. The van der Waals surface area contributed by atoms with Crippen LogP contribution in [-0.2, 0) is 6.42 Å². The summed E-state index contributed by atoms with van der Waals surface area (Å²) < 4.78 is 13.6. The van der Waals surface area contributed by atoms with Crippen molar-refractivity contribution in [2.24, 2.45) is 5.10 Å². The first-order chi connectivity index (χ1) is 15.0. The predicted molar refractivity (Wildman–Crippen MR) is 127 cm³/mol. The molecular weight excluding hydrogens is 458 g/mol. The number of terminal acetylenes is 1. The van der Waals surface area contributed by atoms with Crippen molar-refractivity contribution in [3.8, 4) is 23.8 Å². The topological polar surface area (TPSA) is 65.7 Å². The molecule has 0 bridgehead atoms. The smallest absolute Gasteiger partial charge is 0.282 e. The van der Waals surface area contributed by atoms with Crippen molar-refractivity contribution in [1.29, 1.82) is 0 Å². The number of rotatable bonds is 8. The Morgan fingerprint density at radius 3 is 2.84 bits per heavy atom. The van der Waals surface area contributed by atoms with Gasteiger partial charge in [0.15, 0.2) is 11.5 Å². The number of aromatic nitrogens is 2. The largest absolute Gasteiger partial charge is 0.490 e. The first-order valence-corrected chi connectivity index (χ1v) is 10.5. The van der Waals surface area contributed by atoms with Gasteiger partial charge in [0.2, 0.25) is 0 Å². The molecule has 0 saturated carbocycles. The van der Waals surface area contributed by atoms with Crippen LogP contribution in [0.15, 0.2) is 57.4 Å². The maximum Gasteiger partial charge on any atom is 0.282 e. The third-order valence-corrected chi connectivity index (χ3v) is 4.90. The number of hydrogen-bond donors (Lipinski definition) is 0. The Balaban J connectivity index is 2.08. The van der Waals surface area contributed by atoms with E-state index < -0.39 is 0 Å². The fraction of sp³-hybridized carbons (Fsp3) is 0.208. The van der Waals surface area contributed by atoms with Gasteiger partial charge in [-0.25, -0.2) is 4.98 Å². The highest BCUT2D eigenvalue weighted by Gasteiger charge is 2.13. The SMILES string of the molecule is C#CCOc1c(CC=C)cc(C=Nn2c(C)nc3ccc(Br)cc3c2=O)cc1OCC. The number of aryl methyl sites for hydroxylation is 1. The number of nitrogens with zero attached hydrogens (tertiary/aromatic N) is 3. The molecule has 0 fully saturated rings. The van der Waals surface area contributed by atoms with Gasteiger partial charge in [0.05, 0.1) is 23.7 Å². The molecule has 7 heteroatoms. The molecule has 0 amide bonds. The third kappa shape index (κ3) is 5.04. The van der Waals surface area contributed by atoms with E-state index in [1.165, 1.54) is 4.68 Å². The second kappa shape index (κ2) is 10.1. The zero-order valence-electron chi connectivity index (χ0n) is 17.4. The van der Waals surface area contributed by atoms with Crippen LogP contribution in [0.2, 0.25) is 0 Å². The number of halogens is 1. The maximum absolute atomic E-state index is 12.9. The lowest BCUT2D eigenvalue weighted by atomic mass is 10.1. The molecule has 3 rings (SSSR count). The van der Waals surface area contributed by atoms with Crippen molar-refractivity contribution in [1.82, 2.24) is 9.66 Å². The molecule has 0 aliphatic heterocycles. The Bertz CT molecular complexity index is 1260. The summed E-state index contributed by atoms with van der Waals surface area (Å²) in [5.41, 5.74) is 1.99. The van der Waals surface area contributed by atoms with E-state index >= 15 is 0 Å². The molecule has 1 aromatic heterocycles. The van der Waals surface area contributed by atoms with E-state index in [0.29, 0.717) is 41.3 Å². The number of ether oxygens (including phenoxy) is 2. The number of fused-ring (bicyclic) bond motifs is 1. The van der Waals surface area contributed by atoms with E-state index in [1.807, 2.05) is 19.1 Å². The van der Waals surface area contributed by atoms with Gasteiger partial charge in [-0.2, -0.15) is 9.78 Å². The fourth-order valence-electron chi connectivity index (χ4n) is 3.13. The lowest BCUT2D eigenvalue weighted by molar-refractivity contribution is 0.297. The van der Waals surface area contributed by atoms with Crippen LogP contribution in [0.5, 0.6) is 11.5 Å². The lowest BCUT2D eigenvalue weighted by Crippen LogP contribution is -2.20. The van der Waals surface area contributed by atoms with Crippen molar-refractivity contribution in [2.75, 3.05) is 13.2 Å². The van der Waals surface area contributed by atoms with Crippen molar-refractivity contribution < 1.29 is 9.47 Å². The van der Waals surface area contributed by atoms with E-state index in [-0.39, 0.29) is 12.2 Å². The van der Waals surface area contributed by atoms with E-state index in [2.05, 4.69) is 38.5 Å². The van der Waals surface area contributed by atoms with Crippen LogP contribution in [0, 0.1) is 19.3 Å². The van der Waals surface area contributed by atoms with Crippen molar-refractivity contribution >= 4 is 33.0 Å². The van der Waals surface area contributed by atoms with E-state index in [9.17, 15) is 4.79 Å². The predicted octanol–water partition coefficient (Wildman–Crippen LogP) is 4.49. The summed E-state index contributed by atoms with van der Waals surface area (Å²) in [5, 5.41) is 4.88. The van der Waals surface area contributed by atoms with E-state index in [0.717, 1.165) is 15.6 Å². The minimum Gasteiger partial charge on any atom is -0.490 e. The Hall–Kier alpha value is -3.37. The fourth-order valence-corrected chi connectivity index (χ4v) is 3.49. The van der Waals surface area contributed by atoms with Gasteiger partial charge in [-0.05, 0) is 56.2 Å². The summed E-state index contributed by atoms with van der Waals surface area (Å²) in [6.45, 7) is 8.03. The van der Waals surface area contributed by atoms with Crippen LogP contribution in [-0.4, -0.2) is 29.1 Å². The Labute approximate surface area is 189 Å². The Morgan fingerprint density at radius 1 is 1.32 bits per heavy atom. The van der Waals surface area contributed by atoms with Crippen LogP contribution in [0.4, 0.5) is 0 Å². The molecule has 0 unspecified atom stereocenters. The van der Waals surface area contributed by atoms with Gasteiger partial charge in [-0.15, -0.1) is 13.0 Å². The molecule has 0 aliphatic rings. The van der Waals surface area contributed by atoms with E-state index in [1.54, 1.807) is 37.4 Å². The molecular formula is C24H22BrN3O3. The van der Waals surface area contributed by atoms with Gasteiger partial charge in [-0.3, -0.25) is 4.79 Å². The van der Waals surface area contributed by atoms with Crippen LogP contribution < -0.4 is 15.0 Å². The van der Waals surface area contributed by atoms with Gasteiger partial charge in [0, 0.05) is 10.0 Å². The van der Waals surface area contributed by atoms with Crippen molar-refractivity contribution in [3.05, 3.63) is 74.8 Å². The second-order valence-corrected chi connectivity index (χ2v) is 7.52. The molecule has 6 nitrogen and oxygen atoms in total. The summed E-state index contributed by atoms with van der Waals surface area (Å²) in [4.78, 5) is 17.4. The number of allylic oxidation sites excluding steroid dienone is 1. The third-order valence-electron chi connectivity index (χ3n) is 4.41. The molecule has 0 aliphatic carbocycles. The standard InChI is InChI=1S/C24H22BrN3O3/c1-5-8-18-12-17(13-22(30-7-3)23(18)31-11-6-2)15-26-28-16(4)27-21-10-9-19(25)14-20(21)24(28)29/h2,5,9-10,12-15H,1,7-8,11H2,3-4H3. The molecule has 0 radical (unpaired) electrons. The van der Waals surface area contributed by atoms with Crippen LogP contribution >= 0.6 is 15.9 Å². The first-order valence-electron chi connectivity index (χ1n) is 9.68. The summed E-state index contributed by atoms with van der Waals surface area (Å²) in [6.07, 6.45) is 9.28. The Kier molecular flexibility index (Phi) is 7.27. The van der Waals surface area contributed by atoms with Crippen molar-refractivity contribution in [3.63, 3.8) is 0 Å². The molecule has 31 heavy (non-hydrogen) atoms. The van der Waals surface area contributed by atoms with Gasteiger partial charge >= 0.3 is 0 Å². The van der Waals surface area contributed by atoms with Crippen molar-refractivity contribution in [2.45, 2.75) is 20.3 Å². The summed E-state index contributed by atoms with van der Waals surface area (Å²) in [5.74, 6) is 4.10. The molecule has 0 saturated heterocycles. The zero-order valence-corrected chi connectivity index (χ0v) is 19.0. The maximum atomic E-state index is 12.9. The number of benzene rings is 2. The monoisotopic (exact) mass is 479 g/mol. The summed E-state index contributed by atoms with van der Waals surface area (Å²) in [6, 6.07) is 9.10. The molecule has 0 atom stereocenters. The Morgan fingerprint density at radius 2 is 2.13 bits per heavy atom. The summed E-state index contributed by atoms with van der Waals surface area (Å²) in [7, 11) is 0. The summed E-state index contributed by atoms with van der Waals surface area (Å²) >= 11 is 3.39. The highest BCUT2D eigenvalue weighted by molar-refractivity contribution is 9.10. The molecule has 0 N–H and O–H groups in total. The molecule has 2 aromatic carbocycles. The highest BCUT2D eigenvalue weighted by atomic mass is 79.9. The minimum atomic E-state index is -0.245. The molecule has 1 heterocycles.